The Morgan fingerprint density at radius 2 is 1.88 bits per heavy atom. The first kappa shape index (κ1) is 16.3. The maximum absolute atomic E-state index is 13.1. The van der Waals surface area contributed by atoms with Crippen molar-refractivity contribution in [3.63, 3.8) is 0 Å². The summed E-state index contributed by atoms with van der Waals surface area (Å²) in [4.78, 5) is 23.6. The zero-order valence-electron chi connectivity index (χ0n) is 14.0. The van der Waals surface area contributed by atoms with Crippen molar-refractivity contribution in [1.82, 2.24) is 15.3 Å². The van der Waals surface area contributed by atoms with Gasteiger partial charge in [-0.15, -0.1) is 0 Å². The van der Waals surface area contributed by atoms with Crippen molar-refractivity contribution in [3.05, 3.63) is 53.4 Å². The molecule has 1 amide bonds. The third-order valence-corrected chi connectivity index (χ3v) is 5.63. The van der Waals surface area contributed by atoms with Crippen LogP contribution in [0.3, 0.4) is 0 Å². The Labute approximate surface area is 152 Å². The van der Waals surface area contributed by atoms with Gasteiger partial charge in [0.1, 0.15) is 5.82 Å². The van der Waals surface area contributed by atoms with Gasteiger partial charge in [-0.2, -0.15) is 0 Å². The molecule has 2 aromatic rings. The van der Waals surface area contributed by atoms with E-state index >= 15 is 0 Å². The minimum Gasteiger partial charge on any atom is -0.351 e. The molecular formula is C19H21ClN4O. The normalized spacial score (nSPS) is 19.5. The van der Waals surface area contributed by atoms with Crippen LogP contribution >= 0.6 is 11.6 Å². The average molecular weight is 357 g/mol. The van der Waals surface area contributed by atoms with Gasteiger partial charge in [0.15, 0.2) is 0 Å². The van der Waals surface area contributed by atoms with Gasteiger partial charge in [0, 0.05) is 30.5 Å². The molecular weight excluding hydrogens is 336 g/mol. The number of anilines is 1. The van der Waals surface area contributed by atoms with E-state index in [-0.39, 0.29) is 11.9 Å². The second-order valence-electron chi connectivity index (χ2n) is 6.94. The number of hydrogen-bond donors (Lipinski definition) is 1. The monoisotopic (exact) mass is 356 g/mol. The molecule has 6 heteroatoms. The number of nitrogens with zero attached hydrogens (tertiary/aromatic N) is 3. The van der Waals surface area contributed by atoms with Crippen LogP contribution in [0.2, 0.25) is 5.02 Å². The molecule has 0 spiro atoms. The van der Waals surface area contributed by atoms with E-state index in [9.17, 15) is 4.79 Å². The van der Waals surface area contributed by atoms with Crippen LogP contribution in [-0.2, 0) is 10.2 Å². The van der Waals surface area contributed by atoms with Crippen molar-refractivity contribution in [3.8, 4) is 0 Å². The number of carbonyl (C=O) groups excluding carboxylic acids is 1. The molecule has 1 N–H and O–H groups in total. The minimum atomic E-state index is -0.405. The summed E-state index contributed by atoms with van der Waals surface area (Å²) in [5.74, 6) is 1.01. The molecule has 2 fully saturated rings. The van der Waals surface area contributed by atoms with Crippen LogP contribution in [0.5, 0.6) is 0 Å². The molecule has 0 atom stereocenters. The third-order valence-electron chi connectivity index (χ3n) is 5.38. The van der Waals surface area contributed by atoms with Gasteiger partial charge in [0.25, 0.3) is 0 Å². The number of amides is 1. The number of benzene rings is 1. The number of hydrogen-bond acceptors (Lipinski definition) is 4. The highest BCUT2D eigenvalue weighted by Gasteiger charge is 2.44. The van der Waals surface area contributed by atoms with Crippen LogP contribution < -0.4 is 10.2 Å². The molecule has 1 saturated carbocycles. The van der Waals surface area contributed by atoms with Crippen molar-refractivity contribution in [2.45, 2.75) is 37.1 Å². The van der Waals surface area contributed by atoms with Gasteiger partial charge in [0.2, 0.25) is 5.91 Å². The first-order chi connectivity index (χ1) is 12.2. The Kier molecular flexibility index (Phi) is 4.34. The highest BCUT2D eigenvalue weighted by Crippen LogP contribution is 2.42. The maximum Gasteiger partial charge on any atom is 0.230 e. The largest absolute Gasteiger partial charge is 0.351 e. The zero-order chi connectivity index (χ0) is 17.3. The summed E-state index contributed by atoms with van der Waals surface area (Å²) in [5, 5.41) is 3.95. The highest BCUT2D eigenvalue weighted by atomic mass is 35.5. The SMILES string of the molecule is O=C(NC1CN(c2cnccn2)C1)C1(c2ccc(Cl)cc2)CCCC1. The first-order valence-corrected chi connectivity index (χ1v) is 9.13. The molecule has 5 nitrogen and oxygen atoms in total. The lowest BCUT2D eigenvalue weighted by Gasteiger charge is -2.42. The number of nitrogens with one attached hydrogen (secondary N) is 1. The lowest BCUT2D eigenvalue weighted by Crippen LogP contribution is -2.62. The topological polar surface area (TPSA) is 58.1 Å². The molecule has 0 radical (unpaired) electrons. The molecule has 0 unspecified atom stereocenters. The van der Waals surface area contributed by atoms with Crippen LogP contribution in [0.25, 0.3) is 0 Å². The highest BCUT2D eigenvalue weighted by molar-refractivity contribution is 6.30. The van der Waals surface area contributed by atoms with Crippen LogP contribution in [0.15, 0.2) is 42.9 Å². The second-order valence-corrected chi connectivity index (χ2v) is 7.37. The molecule has 0 bridgehead atoms. The van der Waals surface area contributed by atoms with E-state index in [1.165, 1.54) is 0 Å². The van der Waals surface area contributed by atoms with E-state index in [0.29, 0.717) is 5.02 Å². The van der Waals surface area contributed by atoms with Gasteiger partial charge >= 0.3 is 0 Å². The number of rotatable bonds is 4. The lowest BCUT2D eigenvalue weighted by atomic mass is 9.77. The number of carbonyl (C=O) groups is 1. The molecule has 4 rings (SSSR count). The maximum atomic E-state index is 13.1. The molecule has 1 aliphatic heterocycles. The van der Waals surface area contributed by atoms with E-state index in [0.717, 1.165) is 50.2 Å². The van der Waals surface area contributed by atoms with Crippen molar-refractivity contribution >= 4 is 23.3 Å². The van der Waals surface area contributed by atoms with E-state index in [1.54, 1.807) is 18.6 Å². The predicted octanol–water partition coefficient (Wildman–Crippen LogP) is 2.95. The standard InChI is InChI=1S/C19H21ClN4O/c20-15-5-3-14(4-6-15)19(7-1-2-8-19)18(25)23-16-12-24(13-16)17-11-21-9-10-22-17/h3-6,9-11,16H,1-2,7-8,12-13H2,(H,23,25). The van der Waals surface area contributed by atoms with Crippen molar-refractivity contribution in [1.29, 1.82) is 0 Å². The summed E-state index contributed by atoms with van der Waals surface area (Å²) >= 11 is 6.02. The van der Waals surface area contributed by atoms with Gasteiger partial charge in [0.05, 0.1) is 17.7 Å². The van der Waals surface area contributed by atoms with E-state index in [4.69, 9.17) is 11.6 Å². The summed E-state index contributed by atoms with van der Waals surface area (Å²) < 4.78 is 0. The van der Waals surface area contributed by atoms with Gasteiger partial charge < -0.3 is 10.2 Å². The second kappa shape index (κ2) is 6.64. The van der Waals surface area contributed by atoms with Crippen LogP contribution in [0.4, 0.5) is 5.82 Å². The molecule has 2 heterocycles. The minimum absolute atomic E-state index is 0.149. The summed E-state index contributed by atoms with van der Waals surface area (Å²) in [5.41, 5.74) is 0.675. The average Bonchev–Trinajstić information content (AvgIpc) is 3.10. The van der Waals surface area contributed by atoms with E-state index in [2.05, 4.69) is 20.2 Å². The Morgan fingerprint density at radius 1 is 1.16 bits per heavy atom. The molecule has 1 aliphatic carbocycles. The van der Waals surface area contributed by atoms with E-state index < -0.39 is 5.41 Å². The molecule has 1 aromatic carbocycles. The van der Waals surface area contributed by atoms with Crippen LogP contribution in [0.1, 0.15) is 31.2 Å². The van der Waals surface area contributed by atoms with Gasteiger partial charge in [-0.1, -0.05) is 36.6 Å². The van der Waals surface area contributed by atoms with Crippen LogP contribution in [0, 0.1) is 0 Å². The fraction of sp³-hybridized carbons (Fsp3) is 0.421. The van der Waals surface area contributed by atoms with Gasteiger partial charge in [-0.05, 0) is 30.5 Å². The Morgan fingerprint density at radius 3 is 2.52 bits per heavy atom. The van der Waals surface area contributed by atoms with Crippen LogP contribution in [-0.4, -0.2) is 35.0 Å². The summed E-state index contributed by atoms with van der Waals surface area (Å²) in [6, 6.07) is 7.92. The molecule has 130 valence electrons. The Balaban J connectivity index is 1.43. The lowest BCUT2D eigenvalue weighted by molar-refractivity contribution is -0.127. The summed E-state index contributed by atoms with van der Waals surface area (Å²) in [6.45, 7) is 1.56. The fourth-order valence-electron chi connectivity index (χ4n) is 3.93. The molecule has 1 saturated heterocycles. The summed E-state index contributed by atoms with van der Waals surface area (Å²) in [7, 11) is 0. The Hall–Kier alpha value is -2.14. The summed E-state index contributed by atoms with van der Waals surface area (Å²) in [6.07, 6.45) is 9.10. The fourth-order valence-corrected chi connectivity index (χ4v) is 4.06. The van der Waals surface area contributed by atoms with Gasteiger partial charge in [-0.25, -0.2) is 4.98 Å². The van der Waals surface area contributed by atoms with Gasteiger partial charge in [-0.3, -0.25) is 9.78 Å². The van der Waals surface area contributed by atoms with Crippen molar-refractivity contribution < 1.29 is 4.79 Å². The zero-order valence-corrected chi connectivity index (χ0v) is 14.7. The Bertz CT molecular complexity index is 738. The quantitative estimate of drug-likeness (QED) is 0.915. The van der Waals surface area contributed by atoms with Crippen molar-refractivity contribution in [2.24, 2.45) is 0 Å². The van der Waals surface area contributed by atoms with Crippen molar-refractivity contribution in [2.75, 3.05) is 18.0 Å². The predicted molar refractivity (Wildman–Crippen MR) is 97.8 cm³/mol. The van der Waals surface area contributed by atoms with E-state index in [1.807, 2.05) is 24.3 Å². The number of halogens is 1. The first-order valence-electron chi connectivity index (χ1n) is 8.75. The third kappa shape index (κ3) is 3.09. The smallest absolute Gasteiger partial charge is 0.230 e. The molecule has 25 heavy (non-hydrogen) atoms. The number of aromatic nitrogens is 2. The molecule has 2 aliphatic rings. The molecule has 1 aromatic heterocycles.